The van der Waals surface area contributed by atoms with Gasteiger partial charge < -0.3 is 4.74 Å². The highest BCUT2D eigenvalue weighted by Gasteiger charge is 2.25. The van der Waals surface area contributed by atoms with Crippen LogP contribution < -0.4 is 0 Å². The molecule has 0 spiro atoms. The first-order valence-corrected chi connectivity index (χ1v) is 6.47. The number of cyclic esters (lactones) is 1. The zero-order chi connectivity index (χ0) is 15.4. The lowest BCUT2D eigenvalue weighted by molar-refractivity contribution is -0.134. The van der Waals surface area contributed by atoms with Crippen molar-refractivity contribution in [3.8, 4) is 0 Å². The Kier molecular flexibility index (Phi) is 4.42. The standard InChI is InChI=1S/C14H16N4O3/c1-9-4-5-15-13(10(9)2)16-7-18(8-19)6-12-17-11(3)14(20)21-12/h4-5,7-8,11H,6H2,1-3H3/b16-7-. The van der Waals surface area contributed by atoms with E-state index in [1.807, 2.05) is 19.9 Å². The van der Waals surface area contributed by atoms with Crippen molar-refractivity contribution in [2.24, 2.45) is 9.98 Å². The Morgan fingerprint density at radius 3 is 2.86 bits per heavy atom. The van der Waals surface area contributed by atoms with E-state index in [1.54, 1.807) is 13.1 Å². The number of hydrogen-bond donors (Lipinski definition) is 0. The summed E-state index contributed by atoms with van der Waals surface area (Å²) in [5.41, 5.74) is 2.01. The molecule has 0 N–H and O–H groups in total. The maximum Gasteiger partial charge on any atom is 0.337 e. The predicted molar refractivity (Wildman–Crippen MR) is 77.6 cm³/mol. The fraction of sp³-hybridized carbons (Fsp3) is 0.357. The van der Waals surface area contributed by atoms with Gasteiger partial charge in [0.05, 0.1) is 6.34 Å². The van der Waals surface area contributed by atoms with E-state index >= 15 is 0 Å². The molecule has 0 saturated heterocycles. The van der Waals surface area contributed by atoms with Gasteiger partial charge in [-0.25, -0.2) is 19.8 Å². The second-order valence-corrected chi connectivity index (χ2v) is 4.72. The minimum absolute atomic E-state index is 0.0634. The van der Waals surface area contributed by atoms with Gasteiger partial charge in [-0.3, -0.25) is 9.69 Å². The van der Waals surface area contributed by atoms with Crippen LogP contribution in [0, 0.1) is 13.8 Å². The summed E-state index contributed by atoms with van der Waals surface area (Å²) in [7, 11) is 0. The monoisotopic (exact) mass is 288 g/mol. The fourth-order valence-electron chi connectivity index (χ4n) is 1.71. The summed E-state index contributed by atoms with van der Waals surface area (Å²) in [6, 6.07) is 1.37. The summed E-state index contributed by atoms with van der Waals surface area (Å²) in [5.74, 6) is 0.338. The first kappa shape index (κ1) is 14.8. The summed E-state index contributed by atoms with van der Waals surface area (Å²) < 4.78 is 4.93. The van der Waals surface area contributed by atoms with Gasteiger partial charge in [0.1, 0.15) is 12.6 Å². The molecule has 1 aliphatic rings. The van der Waals surface area contributed by atoms with Gasteiger partial charge >= 0.3 is 5.97 Å². The number of nitrogens with zero attached hydrogens (tertiary/aromatic N) is 4. The Bertz CT molecular complexity index is 625. The van der Waals surface area contributed by atoms with Crippen LogP contribution in [-0.2, 0) is 14.3 Å². The molecule has 0 fully saturated rings. The molecule has 0 aliphatic carbocycles. The van der Waals surface area contributed by atoms with Crippen LogP contribution in [0.1, 0.15) is 18.1 Å². The van der Waals surface area contributed by atoms with Crippen LogP contribution in [0.25, 0.3) is 0 Å². The van der Waals surface area contributed by atoms with Gasteiger partial charge in [0.2, 0.25) is 12.3 Å². The van der Waals surface area contributed by atoms with Crippen LogP contribution in [-0.4, -0.2) is 47.1 Å². The number of esters is 1. The van der Waals surface area contributed by atoms with Crippen molar-refractivity contribution in [2.45, 2.75) is 26.8 Å². The summed E-state index contributed by atoms with van der Waals surface area (Å²) in [6.45, 7) is 5.56. The smallest absolute Gasteiger partial charge is 0.337 e. The van der Waals surface area contributed by atoms with Gasteiger partial charge in [-0.05, 0) is 38.0 Å². The SMILES string of the molecule is Cc1ccnc(/N=C\N(C=O)CC2=NC(C)C(=O)O2)c1C. The van der Waals surface area contributed by atoms with Crippen molar-refractivity contribution >= 4 is 30.4 Å². The number of aromatic nitrogens is 1. The predicted octanol–water partition coefficient (Wildman–Crippen LogP) is 1.16. The zero-order valence-electron chi connectivity index (χ0n) is 12.1. The Hall–Kier alpha value is -2.57. The van der Waals surface area contributed by atoms with Crippen LogP contribution in [0.3, 0.4) is 0 Å². The maximum absolute atomic E-state index is 11.2. The molecule has 1 amide bonds. The second-order valence-electron chi connectivity index (χ2n) is 4.72. The van der Waals surface area contributed by atoms with E-state index in [0.717, 1.165) is 11.1 Å². The van der Waals surface area contributed by atoms with Gasteiger partial charge in [-0.15, -0.1) is 0 Å². The van der Waals surface area contributed by atoms with E-state index in [9.17, 15) is 9.59 Å². The molecule has 1 unspecified atom stereocenters. The highest BCUT2D eigenvalue weighted by atomic mass is 16.6. The highest BCUT2D eigenvalue weighted by molar-refractivity contribution is 5.99. The number of aliphatic imine (C=N–C) groups is 2. The number of amides is 1. The largest absolute Gasteiger partial charge is 0.408 e. The molecule has 7 heteroatoms. The van der Waals surface area contributed by atoms with E-state index in [2.05, 4.69) is 15.0 Å². The molecule has 2 heterocycles. The Balaban J connectivity index is 2.07. The molecule has 0 radical (unpaired) electrons. The second kappa shape index (κ2) is 6.25. The molecule has 1 aromatic rings. The number of rotatable bonds is 5. The lowest BCUT2D eigenvalue weighted by Gasteiger charge is -2.10. The van der Waals surface area contributed by atoms with Crippen LogP contribution >= 0.6 is 0 Å². The van der Waals surface area contributed by atoms with Crippen molar-refractivity contribution in [3.63, 3.8) is 0 Å². The molecule has 0 bridgehead atoms. The number of pyridine rings is 1. The summed E-state index contributed by atoms with van der Waals surface area (Å²) in [4.78, 5) is 35.9. The third-order valence-electron chi connectivity index (χ3n) is 3.13. The minimum atomic E-state index is -0.522. The third-order valence-corrected chi connectivity index (χ3v) is 3.13. The molecule has 0 aromatic carbocycles. The first-order valence-electron chi connectivity index (χ1n) is 6.47. The number of ether oxygens (including phenoxy) is 1. The number of carbonyl (C=O) groups excluding carboxylic acids is 2. The average molecular weight is 288 g/mol. The minimum Gasteiger partial charge on any atom is -0.408 e. The van der Waals surface area contributed by atoms with Crippen LogP contribution in [0.15, 0.2) is 22.2 Å². The van der Waals surface area contributed by atoms with Gasteiger partial charge in [-0.1, -0.05) is 0 Å². The normalized spacial score (nSPS) is 17.8. The Morgan fingerprint density at radius 1 is 1.48 bits per heavy atom. The fourth-order valence-corrected chi connectivity index (χ4v) is 1.71. The maximum atomic E-state index is 11.2. The van der Waals surface area contributed by atoms with Gasteiger partial charge in [-0.2, -0.15) is 0 Å². The van der Waals surface area contributed by atoms with Crippen molar-refractivity contribution in [3.05, 3.63) is 23.4 Å². The van der Waals surface area contributed by atoms with Gasteiger partial charge in [0.25, 0.3) is 0 Å². The highest BCUT2D eigenvalue weighted by Crippen LogP contribution is 2.17. The summed E-state index contributed by atoms with van der Waals surface area (Å²) in [5, 5.41) is 0. The third kappa shape index (κ3) is 3.50. The lowest BCUT2D eigenvalue weighted by Crippen LogP contribution is -2.28. The molecule has 1 atom stereocenters. The molecular formula is C14H16N4O3. The average Bonchev–Trinajstić information content (AvgIpc) is 2.77. The van der Waals surface area contributed by atoms with E-state index in [4.69, 9.17) is 4.74 Å². The molecule has 0 saturated carbocycles. The van der Waals surface area contributed by atoms with Crippen LogP contribution in [0.5, 0.6) is 0 Å². The molecule has 7 nitrogen and oxygen atoms in total. The number of aryl methyl sites for hydroxylation is 1. The van der Waals surface area contributed by atoms with E-state index in [1.165, 1.54) is 11.2 Å². The molecule has 2 rings (SSSR count). The number of hydrogen-bond acceptors (Lipinski definition) is 6. The zero-order valence-corrected chi connectivity index (χ0v) is 12.1. The van der Waals surface area contributed by atoms with Crippen molar-refractivity contribution < 1.29 is 14.3 Å². The van der Waals surface area contributed by atoms with Gasteiger partial charge in [0.15, 0.2) is 5.82 Å². The Morgan fingerprint density at radius 2 is 2.24 bits per heavy atom. The molecule has 110 valence electrons. The van der Waals surface area contributed by atoms with Crippen molar-refractivity contribution in [1.29, 1.82) is 0 Å². The lowest BCUT2D eigenvalue weighted by atomic mass is 10.2. The van der Waals surface area contributed by atoms with E-state index in [-0.39, 0.29) is 12.4 Å². The Labute approximate surface area is 122 Å². The van der Waals surface area contributed by atoms with Crippen LogP contribution in [0.2, 0.25) is 0 Å². The molecule has 1 aliphatic heterocycles. The van der Waals surface area contributed by atoms with Crippen molar-refractivity contribution in [2.75, 3.05) is 6.54 Å². The molecular weight excluding hydrogens is 272 g/mol. The van der Waals surface area contributed by atoms with Crippen molar-refractivity contribution in [1.82, 2.24) is 9.88 Å². The molecule has 21 heavy (non-hydrogen) atoms. The first-order chi connectivity index (χ1) is 10.0. The summed E-state index contributed by atoms with van der Waals surface area (Å²) >= 11 is 0. The van der Waals surface area contributed by atoms with Crippen LogP contribution in [0.4, 0.5) is 5.82 Å². The summed E-state index contributed by atoms with van der Waals surface area (Å²) in [6.07, 6.45) is 3.60. The quantitative estimate of drug-likeness (QED) is 0.352. The number of carbonyl (C=O) groups is 2. The van der Waals surface area contributed by atoms with E-state index in [0.29, 0.717) is 12.2 Å². The topological polar surface area (TPSA) is 84.2 Å². The van der Waals surface area contributed by atoms with E-state index < -0.39 is 12.0 Å². The molecule has 1 aromatic heterocycles. The van der Waals surface area contributed by atoms with Gasteiger partial charge in [0, 0.05) is 6.20 Å².